The first-order valence-electron chi connectivity index (χ1n) is 9.38. The lowest BCUT2D eigenvalue weighted by Crippen LogP contribution is -2.49. The zero-order valence-corrected chi connectivity index (χ0v) is 14.9. The summed E-state index contributed by atoms with van der Waals surface area (Å²) < 4.78 is 0. The molecular formula is C22H26N2O. The number of piperazine rings is 1. The van der Waals surface area contributed by atoms with Crippen molar-refractivity contribution in [3.8, 4) is 0 Å². The minimum atomic E-state index is 0.128. The van der Waals surface area contributed by atoms with Crippen LogP contribution < -0.4 is 0 Å². The lowest BCUT2D eigenvalue weighted by Gasteiger charge is -2.40. The highest BCUT2D eigenvalue weighted by Crippen LogP contribution is 2.28. The molecule has 1 heterocycles. The van der Waals surface area contributed by atoms with Crippen molar-refractivity contribution < 1.29 is 4.79 Å². The monoisotopic (exact) mass is 334 g/mol. The summed E-state index contributed by atoms with van der Waals surface area (Å²) in [6, 6.07) is 16.9. The summed E-state index contributed by atoms with van der Waals surface area (Å²) in [5.41, 5.74) is 4.88. The molecule has 0 spiro atoms. The molecular weight excluding hydrogens is 308 g/mol. The quantitative estimate of drug-likeness (QED) is 0.836. The molecule has 130 valence electrons. The molecule has 2 aromatic carbocycles. The maximum atomic E-state index is 13.3. The molecule has 2 aromatic rings. The van der Waals surface area contributed by atoms with Crippen molar-refractivity contribution >= 4 is 5.91 Å². The van der Waals surface area contributed by atoms with Gasteiger partial charge in [-0.15, -0.1) is 0 Å². The number of aryl methyl sites for hydroxylation is 2. The number of rotatable bonds is 2. The first-order chi connectivity index (χ1) is 12.2. The van der Waals surface area contributed by atoms with Crippen LogP contribution in [-0.4, -0.2) is 42.4 Å². The first-order valence-corrected chi connectivity index (χ1v) is 9.38. The van der Waals surface area contributed by atoms with E-state index in [4.69, 9.17) is 0 Å². The second-order valence-electron chi connectivity index (χ2n) is 7.38. The Labute approximate surface area is 150 Å². The molecule has 1 atom stereocenters. The van der Waals surface area contributed by atoms with E-state index < -0.39 is 0 Å². The number of nitrogens with zero attached hydrogens (tertiary/aromatic N) is 2. The average molecular weight is 334 g/mol. The summed E-state index contributed by atoms with van der Waals surface area (Å²) in [7, 11) is 2.14. The number of amides is 1. The van der Waals surface area contributed by atoms with Gasteiger partial charge in [0, 0.05) is 25.2 Å². The summed E-state index contributed by atoms with van der Waals surface area (Å²) in [6.45, 7) is 2.60. The van der Waals surface area contributed by atoms with Crippen molar-refractivity contribution in [1.82, 2.24) is 9.80 Å². The van der Waals surface area contributed by atoms with Gasteiger partial charge in [-0.3, -0.25) is 4.79 Å². The average Bonchev–Trinajstić information content (AvgIpc) is 2.67. The molecule has 0 N–H and O–H groups in total. The number of likely N-dealkylation sites (N-methyl/N-ethyl adjacent to an activating group) is 1. The Morgan fingerprint density at radius 2 is 1.72 bits per heavy atom. The van der Waals surface area contributed by atoms with Crippen molar-refractivity contribution in [3.63, 3.8) is 0 Å². The molecule has 2 aliphatic rings. The standard InChI is InChI=1S/C22H26N2O/c1-23-13-14-24(21(16-23)18-8-3-2-4-9-18)22(25)20-12-11-17-7-5-6-10-19(17)15-20/h2-4,8-9,11-12,15,21H,5-7,10,13-14,16H2,1H3/t21-/m0/s1. The highest BCUT2D eigenvalue weighted by molar-refractivity contribution is 5.95. The van der Waals surface area contributed by atoms with Crippen LogP contribution in [0.4, 0.5) is 0 Å². The summed E-state index contributed by atoms with van der Waals surface area (Å²) in [6.07, 6.45) is 4.78. The zero-order chi connectivity index (χ0) is 17.2. The second kappa shape index (κ2) is 7.01. The van der Waals surface area contributed by atoms with Crippen LogP contribution in [0.3, 0.4) is 0 Å². The predicted molar refractivity (Wildman–Crippen MR) is 101 cm³/mol. The molecule has 25 heavy (non-hydrogen) atoms. The van der Waals surface area contributed by atoms with Crippen molar-refractivity contribution in [1.29, 1.82) is 0 Å². The van der Waals surface area contributed by atoms with E-state index in [9.17, 15) is 4.79 Å². The predicted octanol–water partition coefficient (Wildman–Crippen LogP) is 3.69. The second-order valence-corrected chi connectivity index (χ2v) is 7.38. The van der Waals surface area contributed by atoms with Crippen LogP contribution in [0.5, 0.6) is 0 Å². The van der Waals surface area contributed by atoms with Gasteiger partial charge in [-0.2, -0.15) is 0 Å². The third-order valence-electron chi connectivity index (χ3n) is 5.62. The van der Waals surface area contributed by atoms with E-state index in [-0.39, 0.29) is 11.9 Å². The van der Waals surface area contributed by atoms with Crippen molar-refractivity contribution in [2.45, 2.75) is 31.7 Å². The Kier molecular flexibility index (Phi) is 4.58. The highest BCUT2D eigenvalue weighted by Gasteiger charge is 2.31. The minimum absolute atomic E-state index is 0.128. The van der Waals surface area contributed by atoms with Gasteiger partial charge in [0.05, 0.1) is 6.04 Å². The zero-order valence-electron chi connectivity index (χ0n) is 14.9. The highest BCUT2D eigenvalue weighted by atomic mass is 16.2. The third-order valence-corrected chi connectivity index (χ3v) is 5.62. The maximum Gasteiger partial charge on any atom is 0.254 e. The maximum absolute atomic E-state index is 13.3. The Hall–Kier alpha value is -2.13. The van der Waals surface area contributed by atoms with E-state index in [2.05, 4.69) is 53.2 Å². The van der Waals surface area contributed by atoms with Gasteiger partial charge in [-0.25, -0.2) is 0 Å². The van der Waals surface area contributed by atoms with Gasteiger partial charge in [0.25, 0.3) is 5.91 Å². The fourth-order valence-corrected chi connectivity index (χ4v) is 4.16. The van der Waals surface area contributed by atoms with Gasteiger partial charge in [-0.05, 0) is 61.6 Å². The molecule has 0 radical (unpaired) electrons. The normalized spacial score (nSPS) is 21.0. The Bertz CT molecular complexity index is 756. The number of hydrogen-bond acceptors (Lipinski definition) is 2. The lowest BCUT2D eigenvalue weighted by atomic mass is 9.90. The molecule has 1 amide bonds. The summed E-state index contributed by atoms with van der Waals surface area (Å²) in [5.74, 6) is 0.176. The van der Waals surface area contributed by atoms with Gasteiger partial charge in [0.1, 0.15) is 0 Å². The number of carbonyl (C=O) groups excluding carboxylic acids is 1. The Balaban J connectivity index is 1.63. The van der Waals surface area contributed by atoms with Crippen LogP contribution in [0.25, 0.3) is 0 Å². The molecule has 1 aliphatic heterocycles. The van der Waals surface area contributed by atoms with Gasteiger partial charge in [-0.1, -0.05) is 36.4 Å². The molecule has 0 saturated carbocycles. The van der Waals surface area contributed by atoms with Crippen LogP contribution in [0, 0.1) is 0 Å². The topological polar surface area (TPSA) is 23.6 Å². The molecule has 3 nitrogen and oxygen atoms in total. The molecule has 3 heteroatoms. The minimum Gasteiger partial charge on any atom is -0.329 e. The molecule has 1 aliphatic carbocycles. The van der Waals surface area contributed by atoms with E-state index in [1.807, 2.05) is 12.1 Å². The Morgan fingerprint density at radius 3 is 2.52 bits per heavy atom. The smallest absolute Gasteiger partial charge is 0.254 e. The van der Waals surface area contributed by atoms with Crippen molar-refractivity contribution in [2.75, 3.05) is 26.7 Å². The molecule has 1 saturated heterocycles. The SMILES string of the molecule is CN1CCN(C(=O)c2ccc3c(c2)CCCC3)[C@H](c2ccccc2)C1. The molecule has 1 fully saturated rings. The summed E-state index contributed by atoms with van der Waals surface area (Å²) in [4.78, 5) is 17.7. The van der Waals surface area contributed by atoms with Gasteiger partial charge < -0.3 is 9.80 Å². The van der Waals surface area contributed by atoms with Crippen molar-refractivity contribution in [2.24, 2.45) is 0 Å². The van der Waals surface area contributed by atoms with Crippen LogP contribution >= 0.6 is 0 Å². The molecule has 0 unspecified atom stereocenters. The van der Waals surface area contributed by atoms with E-state index >= 15 is 0 Å². The number of hydrogen-bond donors (Lipinski definition) is 0. The Morgan fingerprint density at radius 1 is 0.960 bits per heavy atom. The lowest BCUT2D eigenvalue weighted by molar-refractivity contribution is 0.0498. The van der Waals surface area contributed by atoms with E-state index in [0.29, 0.717) is 0 Å². The van der Waals surface area contributed by atoms with Crippen LogP contribution in [0.1, 0.15) is 45.9 Å². The summed E-state index contributed by atoms with van der Waals surface area (Å²) in [5, 5.41) is 0. The fraction of sp³-hybridized carbons (Fsp3) is 0.409. The van der Waals surface area contributed by atoms with Crippen molar-refractivity contribution in [3.05, 3.63) is 70.8 Å². The fourth-order valence-electron chi connectivity index (χ4n) is 4.16. The van der Waals surface area contributed by atoms with Crippen LogP contribution in [-0.2, 0) is 12.8 Å². The van der Waals surface area contributed by atoms with Gasteiger partial charge in [0.2, 0.25) is 0 Å². The van der Waals surface area contributed by atoms with E-state index in [1.165, 1.54) is 29.5 Å². The number of benzene rings is 2. The summed E-state index contributed by atoms with van der Waals surface area (Å²) >= 11 is 0. The molecule has 4 rings (SSSR count). The largest absolute Gasteiger partial charge is 0.329 e. The van der Waals surface area contributed by atoms with E-state index in [0.717, 1.165) is 38.0 Å². The van der Waals surface area contributed by atoms with Gasteiger partial charge >= 0.3 is 0 Å². The van der Waals surface area contributed by atoms with E-state index in [1.54, 1.807) is 0 Å². The van der Waals surface area contributed by atoms with Crippen LogP contribution in [0.15, 0.2) is 48.5 Å². The molecule has 0 bridgehead atoms. The van der Waals surface area contributed by atoms with Gasteiger partial charge in [0.15, 0.2) is 0 Å². The third kappa shape index (κ3) is 3.34. The number of carbonyl (C=O) groups is 1. The van der Waals surface area contributed by atoms with Crippen LogP contribution in [0.2, 0.25) is 0 Å². The first kappa shape index (κ1) is 16.3. The molecule has 0 aromatic heterocycles. The number of fused-ring (bicyclic) bond motifs is 1.